The van der Waals surface area contributed by atoms with E-state index in [1.807, 2.05) is 12.4 Å². The zero-order valence-electron chi connectivity index (χ0n) is 14.9. The van der Waals surface area contributed by atoms with Gasteiger partial charge < -0.3 is 10.2 Å². The van der Waals surface area contributed by atoms with E-state index in [0.29, 0.717) is 11.3 Å². The summed E-state index contributed by atoms with van der Waals surface area (Å²) in [6.45, 7) is 1.80. The third-order valence-corrected chi connectivity index (χ3v) is 7.38. The van der Waals surface area contributed by atoms with Crippen molar-refractivity contribution >= 4 is 33.0 Å². The van der Waals surface area contributed by atoms with Crippen molar-refractivity contribution in [2.75, 3.05) is 32.5 Å². The highest BCUT2D eigenvalue weighted by Gasteiger charge is 2.30. The van der Waals surface area contributed by atoms with Crippen LogP contribution in [0.4, 0.5) is 5.69 Å². The Bertz CT molecular complexity index is 840. The molecule has 0 bridgehead atoms. The van der Waals surface area contributed by atoms with E-state index < -0.39 is 10.0 Å². The van der Waals surface area contributed by atoms with Crippen molar-refractivity contribution in [3.63, 3.8) is 0 Å². The van der Waals surface area contributed by atoms with Crippen LogP contribution in [0, 0.1) is 0 Å². The van der Waals surface area contributed by atoms with E-state index in [1.165, 1.54) is 15.6 Å². The Morgan fingerprint density at radius 2 is 1.85 bits per heavy atom. The summed E-state index contributed by atoms with van der Waals surface area (Å²) in [4.78, 5) is 14.5. The highest BCUT2D eigenvalue weighted by Crippen LogP contribution is 2.23. The molecule has 1 N–H and O–H groups in total. The summed E-state index contributed by atoms with van der Waals surface area (Å²) in [6, 6.07) is 8.11. The fourth-order valence-corrected chi connectivity index (χ4v) is 5.08. The lowest BCUT2D eigenvalue weighted by atomic mass is 10.1. The van der Waals surface area contributed by atoms with Crippen LogP contribution in [-0.4, -0.2) is 56.8 Å². The molecule has 1 amide bonds. The van der Waals surface area contributed by atoms with Crippen molar-refractivity contribution in [3.8, 4) is 0 Å². The van der Waals surface area contributed by atoms with Crippen molar-refractivity contribution in [2.24, 2.45) is 0 Å². The van der Waals surface area contributed by atoms with Gasteiger partial charge in [-0.2, -0.15) is 15.6 Å². The molecule has 3 rings (SSSR count). The van der Waals surface area contributed by atoms with E-state index >= 15 is 0 Å². The summed E-state index contributed by atoms with van der Waals surface area (Å²) in [6.07, 6.45) is 1.67. The number of thiophene rings is 1. The van der Waals surface area contributed by atoms with Gasteiger partial charge in [0.05, 0.1) is 10.5 Å². The SMILES string of the molecule is CN1CCC(N(C)S(=O)(=O)c2ccc(NC(=O)c3ccsc3)cc2)CC1. The lowest BCUT2D eigenvalue weighted by molar-refractivity contribution is 0.102. The number of likely N-dealkylation sites (tertiary alicyclic amines) is 1. The molecule has 26 heavy (non-hydrogen) atoms. The van der Waals surface area contributed by atoms with Crippen molar-refractivity contribution in [2.45, 2.75) is 23.8 Å². The number of anilines is 1. The second-order valence-electron chi connectivity index (χ2n) is 6.55. The maximum Gasteiger partial charge on any atom is 0.256 e. The molecular formula is C18H23N3O3S2. The molecule has 1 aliphatic heterocycles. The molecule has 0 spiro atoms. The Hall–Kier alpha value is -1.74. The first-order valence-corrected chi connectivity index (χ1v) is 10.9. The van der Waals surface area contributed by atoms with Gasteiger partial charge in [-0.3, -0.25) is 4.79 Å². The molecule has 1 fully saturated rings. The number of nitrogens with zero attached hydrogens (tertiary/aromatic N) is 2. The van der Waals surface area contributed by atoms with Gasteiger partial charge in [-0.15, -0.1) is 0 Å². The summed E-state index contributed by atoms with van der Waals surface area (Å²) >= 11 is 1.45. The number of carbonyl (C=O) groups excluding carboxylic acids is 1. The molecule has 0 radical (unpaired) electrons. The van der Waals surface area contributed by atoms with Crippen molar-refractivity contribution in [1.29, 1.82) is 0 Å². The number of hydrogen-bond acceptors (Lipinski definition) is 5. The minimum Gasteiger partial charge on any atom is -0.322 e. The van der Waals surface area contributed by atoms with Gasteiger partial charge in [0.2, 0.25) is 10.0 Å². The molecule has 8 heteroatoms. The lowest BCUT2D eigenvalue weighted by Crippen LogP contribution is -2.44. The van der Waals surface area contributed by atoms with Gasteiger partial charge in [0, 0.05) is 24.2 Å². The van der Waals surface area contributed by atoms with Gasteiger partial charge in [-0.25, -0.2) is 8.42 Å². The number of piperidine rings is 1. The number of nitrogens with one attached hydrogen (secondary N) is 1. The Kier molecular flexibility index (Phi) is 5.76. The molecular weight excluding hydrogens is 370 g/mol. The lowest BCUT2D eigenvalue weighted by Gasteiger charge is -2.34. The van der Waals surface area contributed by atoms with Gasteiger partial charge in [-0.05, 0) is 68.7 Å². The molecule has 1 aliphatic rings. The fraction of sp³-hybridized carbons (Fsp3) is 0.389. The zero-order valence-corrected chi connectivity index (χ0v) is 16.5. The molecule has 0 saturated carbocycles. The molecule has 1 saturated heterocycles. The standard InChI is InChI=1S/C18H23N3O3S2/c1-20-10-7-16(8-11-20)21(2)26(23,24)17-5-3-15(4-6-17)19-18(22)14-9-12-25-13-14/h3-6,9,12-13,16H,7-8,10-11H2,1-2H3,(H,19,22). The average Bonchev–Trinajstić information content (AvgIpc) is 3.17. The molecule has 2 heterocycles. The minimum absolute atomic E-state index is 0.0224. The normalized spacial score (nSPS) is 16.7. The van der Waals surface area contributed by atoms with Crippen LogP contribution >= 0.6 is 11.3 Å². The van der Waals surface area contributed by atoms with Crippen LogP contribution in [0.1, 0.15) is 23.2 Å². The number of hydrogen-bond donors (Lipinski definition) is 1. The largest absolute Gasteiger partial charge is 0.322 e. The highest BCUT2D eigenvalue weighted by molar-refractivity contribution is 7.89. The maximum atomic E-state index is 12.9. The highest BCUT2D eigenvalue weighted by atomic mass is 32.2. The van der Waals surface area contributed by atoms with Gasteiger partial charge in [0.25, 0.3) is 5.91 Å². The van der Waals surface area contributed by atoms with Crippen LogP contribution < -0.4 is 5.32 Å². The number of amides is 1. The average molecular weight is 394 g/mol. The zero-order chi connectivity index (χ0) is 18.7. The number of sulfonamides is 1. The minimum atomic E-state index is -3.54. The van der Waals surface area contributed by atoms with Gasteiger partial charge in [0.15, 0.2) is 0 Å². The van der Waals surface area contributed by atoms with E-state index in [9.17, 15) is 13.2 Å². The van der Waals surface area contributed by atoms with Crippen LogP contribution in [0.2, 0.25) is 0 Å². The summed E-state index contributed by atoms with van der Waals surface area (Å²) < 4.78 is 27.2. The van der Waals surface area contributed by atoms with Crippen molar-refractivity contribution in [3.05, 3.63) is 46.7 Å². The van der Waals surface area contributed by atoms with Crippen LogP contribution in [-0.2, 0) is 10.0 Å². The third kappa shape index (κ3) is 4.15. The number of benzene rings is 1. The van der Waals surface area contributed by atoms with Crippen LogP contribution in [0.15, 0.2) is 46.0 Å². The predicted molar refractivity (Wildman–Crippen MR) is 104 cm³/mol. The molecule has 1 aromatic carbocycles. The maximum absolute atomic E-state index is 12.9. The molecule has 1 aromatic heterocycles. The first-order chi connectivity index (χ1) is 12.4. The molecule has 6 nitrogen and oxygen atoms in total. The van der Waals surface area contributed by atoms with Gasteiger partial charge in [0.1, 0.15) is 0 Å². The fourth-order valence-electron chi connectivity index (χ4n) is 3.03. The Morgan fingerprint density at radius 3 is 2.42 bits per heavy atom. The first kappa shape index (κ1) is 19.0. The predicted octanol–water partition coefficient (Wildman–Crippen LogP) is 2.72. The Balaban J connectivity index is 1.69. The molecule has 0 aliphatic carbocycles. The second kappa shape index (κ2) is 7.87. The first-order valence-electron chi connectivity index (χ1n) is 8.48. The summed E-state index contributed by atoms with van der Waals surface area (Å²) in [5.41, 5.74) is 1.16. The molecule has 0 atom stereocenters. The van der Waals surface area contributed by atoms with Gasteiger partial charge in [-0.1, -0.05) is 0 Å². The molecule has 140 valence electrons. The smallest absolute Gasteiger partial charge is 0.256 e. The monoisotopic (exact) mass is 393 g/mol. The van der Waals surface area contributed by atoms with Crippen molar-refractivity contribution in [1.82, 2.24) is 9.21 Å². The van der Waals surface area contributed by atoms with E-state index in [-0.39, 0.29) is 16.8 Å². The van der Waals surface area contributed by atoms with Crippen LogP contribution in [0.25, 0.3) is 0 Å². The third-order valence-electron chi connectivity index (χ3n) is 4.77. The summed E-state index contributed by atoms with van der Waals surface area (Å²) in [7, 11) is 0.159. The van der Waals surface area contributed by atoms with Gasteiger partial charge >= 0.3 is 0 Å². The Morgan fingerprint density at radius 1 is 1.19 bits per heavy atom. The van der Waals surface area contributed by atoms with E-state index in [0.717, 1.165) is 25.9 Å². The molecule has 2 aromatic rings. The number of carbonyl (C=O) groups is 1. The topological polar surface area (TPSA) is 69.7 Å². The second-order valence-corrected chi connectivity index (χ2v) is 9.32. The summed E-state index contributed by atoms with van der Waals surface area (Å²) in [5.74, 6) is -0.203. The summed E-state index contributed by atoms with van der Waals surface area (Å²) in [5, 5.41) is 6.38. The quantitative estimate of drug-likeness (QED) is 0.848. The Labute approximate surface area is 158 Å². The number of rotatable bonds is 5. The van der Waals surface area contributed by atoms with Crippen LogP contribution in [0.3, 0.4) is 0 Å². The van der Waals surface area contributed by atoms with Crippen LogP contribution in [0.5, 0.6) is 0 Å². The van der Waals surface area contributed by atoms with E-state index in [1.54, 1.807) is 42.8 Å². The molecule has 0 unspecified atom stereocenters. The van der Waals surface area contributed by atoms with E-state index in [2.05, 4.69) is 10.2 Å². The van der Waals surface area contributed by atoms with E-state index in [4.69, 9.17) is 0 Å². The van der Waals surface area contributed by atoms with Crippen molar-refractivity contribution < 1.29 is 13.2 Å².